The molecule has 1 aromatic carbocycles. The molecule has 1 amide bonds. The van der Waals surface area contributed by atoms with Crippen molar-refractivity contribution in [2.45, 2.75) is 18.9 Å². The van der Waals surface area contributed by atoms with Crippen LogP contribution in [-0.4, -0.2) is 11.9 Å². The molecule has 1 fully saturated rings. The highest BCUT2D eigenvalue weighted by atomic mass is 127. The summed E-state index contributed by atoms with van der Waals surface area (Å²) in [7, 11) is 0. The molecule has 0 bridgehead atoms. The summed E-state index contributed by atoms with van der Waals surface area (Å²) in [5.74, 6) is -0.119. The Hall–Kier alpha value is -0.200. The lowest BCUT2D eigenvalue weighted by molar-refractivity contribution is 0.0951. The molecule has 0 spiro atoms. The monoisotopic (exact) mass is 370 g/mol. The molecule has 0 aliphatic heterocycles. The van der Waals surface area contributed by atoms with E-state index in [-0.39, 0.29) is 5.91 Å². The van der Waals surface area contributed by atoms with Crippen molar-refractivity contribution in [3.05, 3.63) is 27.7 Å². The van der Waals surface area contributed by atoms with Crippen molar-refractivity contribution in [2.75, 3.05) is 3.53 Å². The van der Waals surface area contributed by atoms with E-state index in [2.05, 4.69) is 8.85 Å². The second-order valence-corrected chi connectivity index (χ2v) is 5.01. The summed E-state index contributed by atoms with van der Waals surface area (Å²) in [6.07, 6.45) is 2.11. The van der Waals surface area contributed by atoms with Crippen LogP contribution in [0.25, 0.3) is 0 Å². The first-order valence-corrected chi connectivity index (χ1v) is 6.62. The van der Waals surface area contributed by atoms with Crippen LogP contribution in [0, 0.1) is 0 Å². The fraction of sp³-hybridized carbons (Fsp3) is 0.300. The summed E-state index contributed by atoms with van der Waals surface area (Å²) >= 11 is 13.9. The summed E-state index contributed by atoms with van der Waals surface area (Å²) in [4.78, 5) is 11.7. The third-order valence-corrected chi connectivity index (χ3v) is 3.45. The standard InChI is InChI=1S/C10H9Cl2IN2O/c11-7-3-5(4-8(12)9(7)15-13)10(16)14-6-1-2-6/h3-4,6,15H,1-2H2,(H,14,16). The van der Waals surface area contributed by atoms with Gasteiger partial charge >= 0.3 is 0 Å². The smallest absolute Gasteiger partial charge is 0.251 e. The van der Waals surface area contributed by atoms with Gasteiger partial charge < -0.3 is 8.85 Å². The van der Waals surface area contributed by atoms with Crippen molar-refractivity contribution >= 4 is 57.7 Å². The van der Waals surface area contributed by atoms with Gasteiger partial charge in [0.2, 0.25) is 0 Å². The van der Waals surface area contributed by atoms with Crippen molar-refractivity contribution in [2.24, 2.45) is 0 Å². The highest BCUT2D eigenvalue weighted by Crippen LogP contribution is 2.33. The van der Waals surface area contributed by atoms with Gasteiger partial charge in [0.15, 0.2) is 0 Å². The third kappa shape index (κ3) is 2.73. The highest BCUT2D eigenvalue weighted by molar-refractivity contribution is 14.1. The molecule has 86 valence electrons. The lowest BCUT2D eigenvalue weighted by atomic mass is 10.2. The van der Waals surface area contributed by atoms with Gasteiger partial charge in [0, 0.05) is 11.6 Å². The first-order valence-electron chi connectivity index (χ1n) is 4.78. The minimum Gasteiger partial charge on any atom is -0.349 e. The van der Waals surface area contributed by atoms with Crippen LogP contribution in [0.3, 0.4) is 0 Å². The van der Waals surface area contributed by atoms with Crippen LogP contribution < -0.4 is 8.85 Å². The molecule has 0 aromatic heterocycles. The van der Waals surface area contributed by atoms with Crippen molar-refractivity contribution in [1.82, 2.24) is 5.32 Å². The van der Waals surface area contributed by atoms with Crippen LogP contribution in [-0.2, 0) is 0 Å². The lowest BCUT2D eigenvalue weighted by Crippen LogP contribution is -2.25. The van der Waals surface area contributed by atoms with Gasteiger partial charge in [0.1, 0.15) is 0 Å². The molecular formula is C10H9Cl2IN2O. The Balaban J connectivity index is 2.24. The summed E-state index contributed by atoms with van der Waals surface area (Å²) in [5.41, 5.74) is 1.13. The number of halogens is 3. The molecule has 2 N–H and O–H groups in total. The Morgan fingerprint density at radius 3 is 2.31 bits per heavy atom. The van der Waals surface area contributed by atoms with E-state index >= 15 is 0 Å². The van der Waals surface area contributed by atoms with Gasteiger partial charge in [-0.1, -0.05) is 23.2 Å². The Morgan fingerprint density at radius 2 is 1.88 bits per heavy atom. The molecule has 1 aliphatic carbocycles. The molecule has 3 nitrogen and oxygen atoms in total. The first-order chi connectivity index (χ1) is 7.61. The van der Waals surface area contributed by atoms with Crippen LogP contribution in [0.15, 0.2) is 12.1 Å². The van der Waals surface area contributed by atoms with Gasteiger partial charge in [-0.2, -0.15) is 0 Å². The fourth-order valence-electron chi connectivity index (χ4n) is 1.29. The zero-order chi connectivity index (χ0) is 11.7. The van der Waals surface area contributed by atoms with E-state index < -0.39 is 0 Å². The number of benzene rings is 1. The normalized spacial score (nSPS) is 14.7. The van der Waals surface area contributed by atoms with Crippen LogP contribution in [0.1, 0.15) is 23.2 Å². The SMILES string of the molecule is O=C(NC1CC1)c1cc(Cl)c(NI)c(Cl)c1. The van der Waals surface area contributed by atoms with Gasteiger partial charge in [0.25, 0.3) is 5.91 Å². The summed E-state index contributed by atoms with van der Waals surface area (Å²) in [6, 6.07) is 3.56. The number of hydrogen-bond acceptors (Lipinski definition) is 2. The highest BCUT2D eigenvalue weighted by Gasteiger charge is 2.24. The minimum atomic E-state index is -0.119. The molecule has 6 heteroatoms. The molecule has 2 rings (SSSR count). The average Bonchev–Trinajstić information content (AvgIpc) is 3.01. The maximum atomic E-state index is 11.7. The van der Waals surface area contributed by atoms with E-state index in [0.717, 1.165) is 12.8 Å². The lowest BCUT2D eigenvalue weighted by Gasteiger charge is -2.08. The molecule has 1 saturated carbocycles. The van der Waals surface area contributed by atoms with Crippen LogP contribution >= 0.6 is 46.1 Å². The van der Waals surface area contributed by atoms with E-state index in [1.165, 1.54) is 0 Å². The molecule has 0 saturated heterocycles. The summed E-state index contributed by atoms with van der Waals surface area (Å²) in [5, 5.41) is 3.78. The maximum absolute atomic E-state index is 11.7. The van der Waals surface area contributed by atoms with Crippen LogP contribution in [0.2, 0.25) is 10.0 Å². The number of anilines is 1. The summed E-state index contributed by atoms with van der Waals surface area (Å²) in [6.45, 7) is 0. The quantitative estimate of drug-likeness (QED) is 0.629. The Labute approximate surface area is 117 Å². The van der Waals surface area contributed by atoms with E-state index in [4.69, 9.17) is 23.2 Å². The second kappa shape index (κ2) is 4.98. The molecule has 0 heterocycles. The largest absolute Gasteiger partial charge is 0.349 e. The van der Waals surface area contributed by atoms with Gasteiger partial charge in [-0.25, -0.2) is 0 Å². The number of rotatable bonds is 3. The zero-order valence-electron chi connectivity index (χ0n) is 8.19. The predicted molar refractivity (Wildman–Crippen MR) is 74.6 cm³/mol. The zero-order valence-corrected chi connectivity index (χ0v) is 11.9. The Kier molecular flexibility index (Phi) is 3.81. The van der Waals surface area contributed by atoms with Crippen molar-refractivity contribution < 1.29 is 4.79 Å². The van der Waals surface area contributed by atoms with E-state index in [1.54, 1.807) is 12.1 Å². The van der Waals surface area contributed by atoms with E-state index in [9.17, 15) is 4.79 Å². The Morgan fingerprint density at radius 1 is 1.31 bits per heavy atom. The number of carbonyl (C=O) groups excluding carboxylic acids is 1. The van der Waals surface area contributed by atoms with Crippen molar-refractivity contribution in [1.29, 1.82) is 0 Å². The third-order valence-electron chi connectivity index (χ3n) is 2.31. The van der Waals surface area contributed by atoms with Gasteiger partial charge in [0.05, 0.1) is 38.6 Å². The summed E-state index contributed by atoms with van der Waals surface area (Å²) < 4.78 is 2.86. The number of carbonyl (C=O) groups is 1. The minimum absolute atomic E-state index is 0.119. The number of amides is 1. The van der Waals surface area contributed by atoms with E-state index in [0.29, 0.717) is 27.3 Å². The van der Waals surface area contributed by atoms with Crippen molar-refractivity contribution in [3.63, 3.8) is 0 Å². The van der Waals surface area contributed by atoms with Gasteiger partial charge in [-0.15, -0.1) is 0 Å². The topological polar surface area (TPSA) is 41.1 Å². The second-order valence-electron chi connectivity index (χ2n) is 3.66. The molecule has 16 heavy (non-hydrogen) atoms. The Bertz CT molecular complexity index is 412. The molecule has 0 radical (unpaired) electrons. The van der Waals surface area contributed by atoms with Crippen LogP contribution in [0.5, 0.6) is 0 Å². The van der Waals surface area contributed by atoms with Gasteiger partial charge in [-0.3, -0.25) is 4.79 Å². The molecule has 1 aliphatic rings. The maximum Gasteiger partial charge on any atom is 0.251 e. The molecule has 0 atom stereocenters. The molecular weight excluding hydrogens is 362 g/mol. The molecule has 0 unspecified atom stereocenters. The van der Waals surface area contributed by atoms with Crippen LogP contribution in [0.4, 0.5) is 5.69 Å². The van der Waals surface area contributed by atoms with E-state index in [1.807, 2.05) is 22.9 Å². The first kappa shape index (κ1) is 12.3. The predicted octanol–water partition coefficient (Wildman–Crippen LogP) is 3.65. The number of nitrogens with one attached hydrogen (secondary N) is 2. The van der Waals surface area contributed by atoms with Crippen molar-refractivity contribution in [3.8, 4) is 0 Å². The van der Waals surface area contributed by atoms with Gasteiger partial charge in [-0.05, 0) is 25.0 Å². The molecule has 1 aromatic rings. The number of hydrogen-bond donors (Lipinski definition) is 2. The average molecular weight is 371 g/mol. The fourth-order valence-corrected chi connectivity index (χ4v) is 2.77.